The molecule has 0 radical (unpaired) electrons. The van der Waals surface area contributed by atoms with Crippen molar-refractivity contribution in [3.05, 3.63) is 24.0 Å². The first-order chi connectivity index (χ1) is 10.7. The fraction of sp³-hybridized carbons (Fsp3) is 0.529. The molecule has 0 saturated carbocycles. The first kappa shape index (κ1) is 14.9. The van der Waals surface area contributed by atoms with Crippen LogP contribution < -0.4 is 5.73 Å². The quantitative estimate of drug-likeness (QED) is 0.883. The van der Waals surface area contributed by atoms with Crippen LogP contribution >= 0.6 is 0 Å². The molecule has 1 saturated heterocycles. The summed E-state index contributed by atoms with van der Waals surface area (Å²) < 4.78 is 2.05. The van der Waals surface area contributed by atoms with Gasteiger partial charge in [-0.2, -0.15) is 0 Å². The van der Waals surface area contributed by atoms with Crippen molar-refractivity contribution in [1.82, 2.24) is 14.5 Å². The molecule has 0 spiro atoms. The van der Waals surface area contributed by atoms with E-state index in [2.05, 4.69) is 11.9 Å². The summed E-state index contributed by atoms with van der Waals surface area (Å²) in [4.78, 5) is 19.2. The van der Waals surface area contributed by atoms with E-state index in [1.165, 1.54) is 6.42 Å². The number of aromatic nitrogens is 2. The maximum Gasteiger partial charge on any atom is 0.242 e. The molecular formula is C17H24N4O. The largest absolute Gasteiger partial charge is 0.397 e. The van der Waals surface area contributed by atoms with Crippen LogP contribution in [-0.4, -0.2) is 33.4 Å². The molecule has 0 aliphatic carbocycles. The van der Waals surface area contributed by atoms with Crippen molar-refractivity contribution in [3.63, 3.8) is 0 Å². The molecule has 1 aromatic carbocycles. The molecule has 1 aromatic heterocycles. The Morgan fingerprint density at radius 2 is 2.05 bits per heavy atom. The number of nitrogens with two attached hydrogens (primary N) is 1. The van der Waals surface area contributed by atoms with E-state index in [0.29, 0.717) is 12.2 Å². The summed E-state index contributed by atoms with van der Waals surface area (Å²) in [5, 5.41) is 0. The van der Waals surface area contributed by atoms with E-state index in [-0.39, 0.29) is 5.91 Å². The third-order valence-electron chi connectivity index (χ3n) is 4.36. The van der Waals surface area contributed by atoms with Crippen LogP contribution in [0.3, 0.4) is 0 Å². The van der Waals surface area contributed by atoms with Crippen LogP contribution in [0.1, 0.15) is 38.4 Å². The van der Waals surface area contributed by atoms with Gasteiger partial charge in [0.1, 0.15) is 17.9 Å². The van der Waals surface area contributed by atoms with Gasteiger partial charge in [0, 0.05) is 19.5 Å². The molecule has 1 aliphatic heterocycles. The predicted octanol–water partition coefficient (Wildman–Crippen LogP) is 2.58. The fourth-order valence-electron chi connectivity index (χ4n) is 3.19. The van der Waals surface area contributed by atoms with Gasteiger partial charge in [-0.15, -0.1) is 0 Å². The zero-order valence-electron chi connectivity index (χ0n) is 13.2. The summed E-state index contributed by atoms with van der Waals surface area (Å²) >= 11 is 0. The fourth-order valence-corrected chi connectivity index (χ4v) is 3.19. The molecule has 5 heteroatoms. The minimum atomic E-state index is 0.193. The molecule has 0 atom stereocenters. The lowest BCUT2D eigenvalue weighted by Crippen LogP contribution is -2.38. The average Bonchev–Trinajstić information content (AvgIpc) is 2.88. The summed E-state index contributed by atoms with van der Waals surface area (Å²) in [6.45, 7) is 4.27. The van der Waals surface area contributed by atoms with Gasteiger partial charge >= 0.3 is 0 Å². The number of hydrogen-bond donors (Lipinski definition) is 1. The molecule has 3 rings (SSSR count). The van der Waals surface area contributed by atoms with E-state index >= 15 is 0 Å². The highest BCUT2D eigenvalue weighted by atomic mass is 16.2. The first-order valence-corrected chi connectivity index (χ1v) is 8.22. The van der Waals surface area contributed by atoms with E-state index in [1.54, 1.807) is 0 Å². The van der Waals surface area contributed by atoms with Crippen molar-refractivity contribution >= 4 is 22.6 Å². The monoisotopic (exact) mass is 300 g/mol. The van der Waals surface area contributed by atoms with Crippen molar-refractivity contribution in [3.8, 4) is 0 Å². The van der Waals surface area contributed by atoms with Crippen molar-refractivity contribution in [1.29, 1.82) is 0 Å². The highest BCUT2D eigenvalue weighted by Gasteiger charge is 2.20. The van der Waals surface area contributed by atoms with Crippen molar-refractivity contribution < 1.29 is 4.79 Å². The third-order valence-corrected chi connectivity index (χ3v) is 4.36. The number of imidazole rings is 1. The number of carbonyl (C=O) groups excluding carboxylic acids is 1. The third kappa shape index (κ3) is 2.80. The maximum absolute atomic E-state index is 12.6. The molecule has 2 N–H and O–H groups in total. The smallest absolute Gasteiger partial charge is 0.242 e. The van der Waals surface area contributed by atoms with E-state index in [1.807, 2.05) is 27.7 Å². The molecule has 1 aliphatic rings. The van der Waals surface area contributed by atoms with E-state index in [4.69, 9.17) is 5.73 Å². The van der Waals surface area contributed by atoms with Gasteiger partial charge in [0.2, 0.25) is 5.91 Å². The van der Waals surface area contributed by atoms with Crippen LogP contribution in [0.2, 0.25) is 0 Å². The summed E-state index contributed by atoms with van der Waals surface area (Å²) in [6, 6.07) is 5.79. The van der Waals surface area contributed by atoms with E-state index < -0.39 is 0 Å². The second-order valence-electron chi connectivity index (χ2n) is 6.02. The number of fused-ring (bicyclic) bond motifs is 1. The number of piperidine rings is 1. The number of benzene rings is 1. The Kier molecular flexibility index (Phi) is 4.32. The molecule has 0 unspecified atom stereocenters. The molecule has 22 heavy (non-hydrogen) atoms. The second kappa shape index (κ2) is 6.38. The SMILES string of the molecule is CCCc1nc2c(N)cccc2n1CC(=O)N1CCCCC1. The lowest BCUT2D eigenvalue weighted by Gasteiger charge is -2.27. The lowest BCUT2D eigenvalue weighted by atomic mass is 10.1. The molecule has 118 valence electrons. The minimum Gasteiger partial charge on any atom is -0.397 e. The molecular weight excluding hydrogens is 276 g/mol. The van der Waals surface area contributed by atoms with Crippen LogP contribution in [0.15, 0.2) is 18.2 Å². The number of likely N-dealkylation sites (tertiary alicyclic amines) is 1. The Morgan fingerprint density at radius 1 is 1.27 bits per heavy atom. The van der Waals surface area contributed by atoms with Crippen LogP contribution in [0, 0.1) is 0 Å². The normalized spacial score (nSPS) is 15.4. The molecule has 1 fully saturated rings. The Hall–Kier alpha value is -2.04. The number of para-hydroxylation sites is 1. The van der Waals surface area contributed by atoms with Gasteiger partial charge in [-0.25, -0.2) is 4.98 Å². The number of nitrogen functional groups attached to an aromatic ring is 1. The van der Waals surface area contributed by atoms with Gasteiger partial charge in [-0.05, 0) is 37.8 Å². The first-order valence-electron chi connectivity index (χ1n) is 8.22. The number of hydrogen-bond acceptors (Lipinski definition) is 3. The predicted molar refractivity (Wildman–Crippen MR) is 88.6 cm³/mol. The molecule has 2 heterocycles. The highest BCUT2D eigenvalue weighted by Crippen LogP contribution is 2.23. The average molecular weight is 300 g/mol. The number of anilines is 1. The molecule has 0 bridgehead atoms. The lowest BCUT2D eigenvalue weighted by molar-refractivity contribution is -0.132. The standard InChI is InChI=1S/C17H24N4O/c1-2-7-15-19-17-13(18)8-6-9-14(17)21(15)12-16(22)20-10-4-3-5-11-20/h6,8-9H,2-5,7,10-12,18H2,1H3. The zero-order chi connectivity index (χ0) is 15.5. The number of rotatable bonds is 4. The number of aryl methyl sites for hydroxylation is 1. The van der Waals surface area contributed by atoms with Gasteiger partial charge in [-0.3, -0.25) is 4.79 Å². The van der Waals surface area contributed by atoms with Gasteiger partial charge in [0.25, 0.3) is 0 Å². The van der Waals surface area contributed by atoms with Gasteiger partial charge in [0.05, 0.1) is 11.2 Å². The molecule has 2 aromatic rings. The molecule has 5 nitrogen and oxygen atoms in total. The summed E-state index contributed by atoms with van der Waals surface area (Å²) in [6.07, 6.45) is 5.33. The maximum atomic E-state index is 12.6. The Bertz CT molecular complexity index is 671. The van der Waals surface area contributed by atoms with E-state index in [9.17, 15) is 4.79 Å². The number of carbonyl (C=O) groups is 1. The highest BCUT2D eigenvalue weighted by molar-refractivity contribution is 5.89. The van der Waals surface area contributed by atoms with Crippen molar-refractivity contribution in [2.75, 3.05) is 18.8 Å². The number of amides is 1. The minimum absolute atomic E-state index is 0.193. The second-order valence-corrected chi connectivity index (χ2v) is 6.02. The summed E-state index contributed by atoms with van der Waals surface area (Å²) in [7, 11) is 0. The van der Waals surface area contributed by atoms with Crippen LogP contribution in [-0.2, 0) is 17.8 Å². The van der Waals surface area contributed by atoms with Crippen LogP contribution in [0.4, 0.5) is 5.69 Å². The summed E-state index contributed by atoms with van der Waals surface area (Å²) in [5.74, 6) is 1.15. The Balaban J connectivity index is 1.92. The Labute approximate surface area is 131 Å². The topological polar surface area (TPSA) is 64.1 Å². The van der Waals surface area contributed by atoms with Crippen molar-refractivity contribution in [2.24, 2.45) is 0 Å². The Morgan fingerprint density at radius 3 is 2.77 bits per heavy atom. The van der Waals surface area contributed by atoms with Crippen LogP contribution in [0.5, 0.6) is 0 Å². The zero-order valence-corrected chi connectivity index (χ0v) is 13.2. The van der Waals surface area contributed by atoms with Crippen molar-refractivity contribution in [2.45, 2.75) is 45.6 Å². The van der Waals surface area contributed by atoms with Gasteiger partial charge < -0.3 is 15.2 Å². The number of nitrogens with zero attached hydrogens (tertiary/aromatic N) is 3. The van der Waals surface area contributed by atoms with Gasteiger partial charge in [-0.1, -0.05) is 13.0 Å². The van der Waals surface area contributed by atoms with Gasteiger partial charge in [0.15, 0.2) is 0 Å². The summed E-state index contributed by atoms with van der Waals surface area (Å²) in [5.41, 5.74) is 8.50. The van der Waals surface area contributed by atoms with Crippen LogP contribution in [0.25, 0.3) is 11.0 Å². The molecule has 1 amide bonds. The van der Waals surface area contributed by atoms with E-state index in [0.717, 1.165) is 55.6 Å².